The number of nitrogens with zero attached hydrogens (tertiary/aromatic N) is 3. The normalized spacial score (nSPS) is 10.2. The molecule has 0 unspecified atom stereocenters. The van der Waals surface area contributed by atoms with E-state index >= 15 is 0 Å². The maximum Gasteiger partial charge on any atom is 0.236 e. The van der Waals surface area contributed by atoms with Crippen molar-refractivity contribution in [2.24, 2.45) is 0 Å². The Morgan fingerprint density at radius 2 is 2.08 bits per heavy atom. The minimum absolute atomic E-state index is 0.116. The lowest BCUT2D eigenvalue weighted by Gasteiger charge is -2.03. The topological polar surface area (TPSA) is 84.0 Å². The molecule has 24 heavy (non-hydrogen) atoms. The van der Waals surface area contributed by atoms with Crippen LogP contribution in [0.5, 0.6) is 5.75 Å². The van der Waals surface area contributed by atoms with Crippen molar-refractivity contribution in [2.45, 2.75) is 13.2 Å². The molecular weight excluding hydrogens is 328 g/mol. The fourth-order valence-electron chi connectivity index (χ4n) is 1.98. The largest absolute Gasteiger partial charge is 0.484 e. The van der Waals surface area contributed by atoms with E-state index in [1.54, 1.807) is 36.7 Å². The molecule has 120 valence electrons. The molecule has 0 atom stereocenters. The lowest BCUT2D eigenvalue weighted by atomic mass is 10.3. The van der Waals surface area contributed by atoms with Crippen LogP contribution < -0.4 is 10.1 Å². The predicted octanol–water partition coefficient (Wildman–Crippen LogP) is 3.79. The van der Waals surface area contributed by atoms with Crippen LogP contribution >= 0.6 is 11.6 Å². The average Bonchev–Trinajstić information content (AvgIpc) is 3.03. The van der Waals surface area contributed by atoms with E-state index in [0.29, 0.717) is 29.1 Å². The molecule has 3 aromatic rings. The Bertz CT molecular complexity index is 841. The highest BCUT2D eigenvalue weighted by Crippen LogP contribution is 2.20. The second-order valence-corrected chi connectivity index (χ2v) is 5.29. The Kier molecular flexibility index (Phi) is 4.94. The first-order chi connectivity index (χ1) is 11.7. The summed E-state index contributed by atoms with van der Waals surface area (Å²) in [4.78, 5) is 8.15. The van der Waals surface area contributed by atoms with Crippen molar-refractivity contribution in [3.8, 4) is 11.8 Å². The van der Waals surface area contributed by atoms with Gasteiger partial charge in [0.15, 0.2) is 6.61 Å². The van der Waals surface area contributed by atoms with E-state index in [2.05, 4.69) is 15.3 Å². The minimum atomic E-state index is 0.116. The zero-order chi connectivity index (χ0) is 16.8. The summed E-state index contributed by atoms with van der Waals surface area (Å²) < 4.78 is 11.1. The number of ether oxygens (including phenoxy) is 1. The van der Waals surface area contributed by atoms with Crippen LogP contribution in [0, 0.1) is 11.3 Å². The summed E-state index contributed by atoms with van der Waals surface area (Å²) in [6.45, 7) is 0.597. The number of pyridine rings is 1. The lowest BCUT2D eigenvalue weighted by Crippen LogP contribution is -2.00. The van der Waals surface area contributed by atoms with E-state index < -0.39 is 0 Å². The molecule has 0 radical (unpaired) electrons. The van der Waals surface area contributed by atoms with Gasteiger partial charge in [0.1, 0.15) is 11.8 Å². The fourth-order valence-corrected chi connectivity index (χ4v) is 2.11. The summed E-state index contributed by atoms with van der Waals surface area (Å²) in [5.41, 5.74) is 1.16. The zero-order valence-corrected chi connectivity index (χ0v) is 13.3. The molecule has 0 amide bonds. The number of hydrogen-bond donors (Lipinski definition) is 1. The average molecular weight is 341 g/mol. The number of nitriles is 1. The summed E-state index contributed by atoms with van der Waals surface area (Å²) in [7, 11) is 0. The van der Waals surface area contributed by atoms with Gasteiger partial charge in [-0.05, 0) is 35.9 Å². The van der Waals surface area contributed by atoms with Gasteiger partial charge in [-0.15, -0.1) is 0 Å². The van der Waals surface area contributed by atoms with Crippen molar-refractivity contribution < 1.29 is 9.15 Å². The van der Waals surface area contributed by atoms with Crippen molar-refractivity contribution >= 4 is 17.5 Å². The van der Waals surface area contributed by atoms with Gasteiger partial charge in [-0.1, -0.05) is 17.7 Å². The Labute approximate surface area is 143 Å². The molecule has 1 aromatic carbocycles. The molecule has 0 bridgehead atoms. The summed E-state index contributed by atoms with van der Waals surface area (Å²) in [6, 6.07) is 12.7. The van der Waals surface area contributed by atoms with Crippen molar-refractivity contribution in [1.82, 2.24) is 9.97 Å². The first-order valence-corrected chi connectivity index (χ1v) is 7.53. The standard InChI is InChI=1S/C17H13ClN4O2/c18-13-3-5-14(6-4-13)23-11-16-22-15(8-19)17(24-16)21-10-12-2-1-7-20-9-12/h1-7,9,21H,10-11H2. The maximum atomic E-state index is 9.16. The van der Waals surface area contributed by atoms with Crippen LogP contribution in [0.3, 0.4) is 0 Å². The highest BCUT2D eigenvalue weighted by atomic mass is 35.5. The third kappa shape index (κ3) is 4.03. The highest BCUT2D eigenvalue weighted by Gasteiger charge is 2.13. The Hall–Kier alpha value is -3.04. The van der Waals surface area contributed by atoms with Crippen LogP contribution in [0.2, 0.25) is 5.02 Å². The Morgan fingerprint density at radius 1 is 1.25 bits per heavy atom. The van der Waals surface area contributed by atoms with Gasteiger partial charge in [-0.25, -0.2) is 0 Å². The number of rotatable bonds is 6. The number of aromatic nitrogens is 2. The van der Waals surface area contributed by atoms with Gasteiger partial charge in [0.2, 0.25) is 17.5 Å². The van der Waals surface area contributed by atoms with E-state index in [9.17, 15) is 0 Å². The fraction of sp³-hybridized carbons (Fsp3) is 0.118. The molecule has 2 aromatic heterocycles. The van der Waals surface area contributed by atoms with Crippen LogP contribution in [-0.2, 0) is 13.2 Å². The van der Waals surface area contributed by atoms with Crippen molar-refractivity contribution in [2.75, 3.05) is 5.32 Å². The van der Waals surface area contributed by atoms with E-state index in [1.807, 2.05) is 18.2 Å². The molecule has 6 nitrogen and oxygen atoms in total. The van der Waals surface area contributed by atoms with Gasteiger partial charge >= 0.3 is 0 Å². The molecule has 0 saturated carbocycles. The molecule has 0 fully saturated rings. The molecule has 0 spiro atoms. The third-order valence-corrected chi connectivity index (χ3v) is 3.38. The quantitative estimate of drug-likeness (QED) is 0.735. The van der Waals surface area contributed by atoms with Gasteiger partial charge in [0.05, 0.1) is 0 Å². The number of hydrogen-bond acceptors (Lipinski definition) is 6. The first kappa shape index (κ1) is 15.8. The minimum Gasteiger partial charge on any atom is -0.484 e. The molecule has 7 heteroatoms. The van der Waals surface area contributed by atoms with Crippen LogP contribution in [0.25, 0.3) is 0 Å². The Balaban J connectivity index is 1.64. The van der Waals surface area contributed by atoms with E-state index in [-0.39, 0.29) is 12.3 Å². The van der Waals surface area contributed by atoms with Gasteiger partial charge in [0.25, 0.3) is 0 Å². The molecule has 0 saturated heterocycles. The van der Waals surface area contributed by atoms with Crippen LogP contribution in [0.15, 0.2) is 53.2 Å². The smallest absolute Gasteiger partial charge is 0.236 e. The summed E-state index contributed by atoms with van der Waals surface area (Å²) in [5.74, 6) is 1.27. The summed E-state index contributed by atoms with van der Waals surface area (Å²) >= 11 is 5.82. The van der Waals surface area contributed by atoms with Crippen LogP contribution in [0.4, 0.5) is 5.88 Å². The molecule has 1 N–H and O–H groups in total. The summed E-state index contributed by atoms with van der Waals surface area (Å²) in [5, 5.41) is 12.8. The molecule has 0 aliphatic heterocycles. The third-order valence-electron chi connectivity index (χ3n) is 3.13. The molecule has 0 aliphatic carbocycles. The zero-order valence-electron chi connectivity index (χ0n) is 12.6. The van der Waals surface area contributed by atoms with Crippen molar-refractivity contribution in [3.05, 3.63) is 71.0 Å². The maximum absolute atomic E-state index is 9.16. The second kappa shape index (κ2) is 7.49. The number of nitrogens with one attached hydrogen (secondary N) is 1. The molecule has 2 heterocycles. The highest BCUT2D eigenvalue weighted by molar-refractivity contribution is 6.30. The van der Waals surface area contributed by atoms with E-state index in [1.165, 1.54) is 0 Å². The van der Waals surface area contributed by atoms with Crippen molar-refractivity contribution in [1.29, 1.82) is 5.26 Å². The van der Waals surface area contributed by atoms with Crippen LogP contribution in [0.1, 0.15) is 17.1 Å². The number of benzene rings is 1. The van der Waals surface area contributed by atoms with Gasteiger partial charge < -0.3 is 14.5 Å². The first-order valence-electron chi connectivity index (χ1n) is 7.15. The van der Waals surface area contributed by atoms with E-state index in [4.69, 9.17) is 26.0 Å². The number of oxazole rings is 1. The molecule has 0 aliphatic rings. The molecule has 3 rings (SSSR count). The second-order valence-electron chi connectivity index (χ2n) is 4.85. The summed E-state index contributed by atoms with van der Waals surface area (Å²) in [6.07, 6.45) is 3.44. The number of halogens is 1. The molecular formula is C17H13ClN4O2. The van der Waals surface area contributed by atoms with Gasteiger partial charge in [-0.2, -0.15) is 10.2 Å². The Morgan fingerprint density at radius 3 is 2.79 bits per heavy atom. The lowest BCUT2D eigenvalue weighted by molar-refractivity contribution is 0.265. The predicted molar refractivity (Wildman–Crippen MR) is 88.6 cm³/mol. The SMILES string of the molecule is N#Cc1nc(COc2ccc(Cl)cc2)oc1NCc1cccnc1. The van der Waals surface area contributed by atoms with Gasteiger partial charge in [0, 0.05) is 24.0 Å². The van der Waals surface area contributed by atoms with Gasteiger partial charge in [-0.3, -0.25) is 4.98 Å². The van der Waals surface area contributed by atoms with E-state index in [0.717, 1.165) is 5.56 Å². The monoisotopic (exact) mass is 340 g/mol. The number of anilines is 1. The van der Waals surface area contributed by atoms with Crippen molar-refractivity contribution in [3.63, 3.8) is 0 Å². The van der Waals surface area contributed by atoms with Crippen LogP contribution in [-0.4, -0.2) is 9.97 Å².